The predicted octanol–water partition coefficient (Wildman–Crippen LogP) is 0.608. The van der Waals surface area contributed by atoms with Gasteiger partial charge in [0.05, 0.1) is 18.5 Å². The van der Waals surface area contributed by atoms with Gasteiger partial charge in [-0.3, -0.25) is 0 Å². The van der Waals surface area contributed by atoms with Crippen LogP contribution in [0, 0.1) is 0 Å². The highest BCUT2D eigenvalue weighted by Gasteiger charge is 2.07. The Morgan fingerprint density at radius 1 is 1.53 bits per heavy atom. The van der Waals surface area contributed by atoms with Gasteiger partial charge in [-0.05, 0) is 6.42 Å². The molecular weight excluding hydrogens is 216 g/mol. The smallest absolute Gasteiger partial charge is 0.226 e. The number of thioether (sulfide) groups is 1. The minimum atomic E-state index is -0.669. The summed E-state index contributed by atoms with van der Waals surface area (Å²) in [7, 11) is 0. The molecule has 0 fully saturated rings. The molecule has 1 heterocycles. The third kappa shape index (κ3) is 4.63. The number of aliphatic hydroxyl groups excluding tert-OH is 2. The molecular formula is C9H16N2O3S. The van der Waals surface area contributed by atoms with E-state index in [9.17, 15) is 0 Å². The molecule has 0 aliphatic carbocycles. The number of aryl methyl sites for hydroxylation is 1. The lowest BCUT2D eigenvalue weighted by molar-refractivity contribution is 0.113. The average molecular weight is 232 g/mol. The van der Waals surface area contributed by atoms with Gasteiger partial charge >= 0.3 is 0 Å². The van der Waals surface area contributed by atoms with Gasteiger partial charge in [-0.2, -0.15) is 16.7 Å². The van der Waals surface area contributed by atoms with Gasteiger partial charge in [-0.1, -0.05) is 12.1 Å². The van der Waals surface area contributed by atoms with E-state index in [1.54, 1.807) is 0 Å². The van der Waals surface area contributed by atoms with Crippen LogP contribution in [-0.2, 0) is 12.2 Å². The molecule has 5 nitrogen and oxygen atoms in total. The van der Waals surface area contributed by atoms with E-state index in [4.69, 9.17) is 14.7 Å². The van der Waals surface area contributed by atoms with E-state index in [-0.39, 0.29) is 6.61 Å². The maximum Gasteiger partial charge on any atom is 0.226 e. The maximum absolute atomic E-state index is 9.09. The Balaban J connectivity index is 2.25. The number of hydrogen-bond acceptors (Lipinski definition) is 6. The number of aliphatic hydroxyl groups is 2. The van der Waals surface area contributed by atoms with Crippen LogP contribution in [0.1, 0.15) is 25.1 Å². The van der Waals surface area contributed by atoms with E-state index in [1.165, 1.54) is 11.8 Å². The molecule has 6 heteroatoms. The molecule has 0 aromatic carbocycles. The van der Waals surface area contributed by atoms with Gasteiger partial charge in [0.1, 0.15) is 0 Å². The zero-order valence-electron chi connectivity index (χ0n) is 8.72. The first-order valence-electron chi connectivity index (χ1n) is 4.94. The molecule has 86 valence electrons. The van der Waals surface area contributed by atoms with Gasteiger partial charge in [0, 0.05) is 12.2 Å². The summed E-state index contributed by atoms with van der Waals surface area (Å²) in [4.78, 5) is 4.18. The van der Waals surface area contributed by atoms with E-state index in [0.717, 1.165) is 12.8 Å². The largest absolute Gasteiger partial charge is 0.394 e. The summed E-state index contributed by atoms with van der Waals surface area (Å²) in [5.74, 6) is 2.39. The van der Waals surface area contributed by atoms with Crippen molar-refractivity contribution in [3.05, 3.63) is 11.7 Å². The van der Waals surface area contributed by atoms with Crippen molar-refractivity contribution in [1.29, 1.82) is 0 Å². The summed E-state index contributed by atoms with van der Waals surface area (Å²) in [6.45, 7) is 1.84. The Hall–Kier alpha value is -0.590. The highest BCUT2D eigenvalue weighted by atomic mass is 32.2. The minimum Gasteiger partial charge on any atom is -0.394 e. The molecule has 0 bridgehead atoms. The van der Waals surface area contributed by atoms with Gasteiger partial charge in [-0.25, -0.2) is 0 Å². The Labute approximate surface area is 92.9 Å². The van der Waals surface area contributed by atoms with Crippen molar-refractivity contribution < 1.29 is 14.7 Å². The highest BCUT2D eigenvalue weighted by Crippen LogP contribution is 2.11. The minimum absolute atomic E-state index is 0.208. The van der Waals surface area contributed by atoms with Crippen LogP contribution in [0.15, 0.2) is 4.52 Å². The van der Waals surface area contributed by atoms with Gasteiger partial charge in [0.2, 0.25) is 5.89 Å². The fraction of sp³-hybridized carbons (Fsp3) is 0.778. The number of aromatic nitrogens is 2. The fourth-order valence-electron chi connectivity index (χ4n) is 1.00. The van der Waals surface area contributed by atoms with Crippen LogP contribution in [0.2, 0.25) is 0 Å². The van der Waals surface area contributed by atoms with Gasteiger partial charge < -0.3 is 14.7 Å². The first-order valence-corrected chi connectivity index (χ1v) is 6.09. The highest BCUT2D eigenvalue weighted by molar-refractivity contribution is 7.98. The molecule has 0 spiro atoms. The lowest BCUT2D eigenvalue weighted by Gasteiger charge is -2.03. The third-order valence-corrected chi connectivity index (χ3v) is 2.81. The number of hydrogen-bond donors (Lipinski definition) is 2. The first kappa shape index (κ1) is 12.5. The molecule has 0 saturated carbocycles. The summed E-state index contributed by atoms with van der Waals surface area (Å²) in [5, 5.41) is 21.5. The van der Waals surface area contributed by atoms with E-state index < -0.39 is 6.10 Å². The molecule has 0 aliphatic rings. The molecule has 0 amide bonds. The number of nitrogens with zero attached hydrogens (tertiary/aromatic N) is 2. The molecule has 15 heavy (non-hydrogen) atoms. The monoisotopic (exact) mass is 232 g/mol. The van der Waals surface area contributed by atoms with Crippen molar-refractivity contribution in [3.8, 4) is 0 Å². The molecule has 0 radical (unpaired) electrons. The summed E-state index contributed by atoms with van der Waals surface area (Å²) in [6, 6.07) is 0. The van der Waals surface area contributed by atoms with Gasteiger partial charge in [0.25, 0.3) is 0 Å². The molecule has 0 saturated heterocycles. The Kier molecular flexibility index (Phi) is 5.67. The van der Waals surface area contributed by atoms with Gasteiger partial charge in [-0.15, -0.1) is 0 Å². The van der Waals surface area contributed by atoms with Gasteiger partial charge in [0.15, 0.2) is 5.82 Å². The van der Waals surface area contributed by atoms with Crippen LogP contribution in [-0.4, -0.2) is 38.8 Å². The zero-order valence-corrected chi connectivity index (χ0v) is 9.53. The van der Waals surface area contributed by atoms with Crippen LogP contribution < -0.4 is 0 Å². The predicted molar refractivity (Wildman–Crippen MR) is 57.5 cm³/mol. The molecule has 2 N–H and O–H groups in total. The second-order valence-corrected chi connectivity index (χ2v) is 4.24. The SMILES string of the molecule is CCCc1nc(CSCC(O)CO)no1. The van der Waals surface area contributed by atoms with Crippen molar-refractivity contribution >= 4 is 11.8 Å². The summed E-state index contributed by atoms with van der Waals surface area (Å²) >= 11 is 1.48. The van der Waals surface area contributed by atoms with Crippen molar-refractivity contribution in [3.63, 3.8) is 0 Å². The van der Waals surface area contributed by atoms with Crippen LogP contribution in [0.5, 0.6) is 0 Å². The van der Waals surface area contributed by atoms with E-state index >= 15 is 0 Å². The molecule has 1 unspecified atom stereocenters. The average Bonchev–Trinajstić information content (AvgIpc) is 2.66. The molecule has 0 aliphatic heterocycles. The second kappa shape index (κ2) is 6.81. The third-order valence-electron chi connectivity index (χ3n) is 1.73. The summed E-state index contributed by atoms with van der Waals surface area (Å²) < 4.78 is 5.00. The molecule has 1 aromatic rings. The molecule has 1 aromatic heterocycles. The quantitative estimate of drug-likeness (QED) is 0.717. The lowest BCUT2D eigenvalue weighted by Crippen LogP contribution is -2.14. The van der Waals surface area contributed by atoms with Crippen LogP contribution in [0.3, 0.4) is 0 Å². The maximum atomic E-state index is 9.09. The first-order chi connectivity index (χ1) is 7.26. The van der Waals surface area contributed by atoms with E-state index in [2.05, 4.69) is 17.1 Å². The standard InChI is InChI=1S/C9H16N2O3S/c1-2-3-9-10-8(11-14-9)6-15-5-7(13)4-12/h7,12-13H,2-6H2,1H3. The van der Waals surface area contributed by atoms with E-state index in [0.29, 0.717) is 23.2 Å². The Bertz CT molecular complexity index is 280. The summed E-state index contributed by atoms with van der Waals surface area (Å²) in [5.41, 5.74) is 0. The van der Waals surface area contributed by atoms with Crippen molar-refractivity contribution in [1.82, 2.24) is 10.1 Å². The fourth-order valence-corrected chi connectivity index (χ4v) is 1.80. The normalized spacial score (nSPS) is 13.0. The topological polar surface area (TPSA) is 79.4 Å². The van der Waals surface area contributed by atoms with Crippen molar-refractivity contribution in [2.45, 2.75) is 31.6 Å². The van der Waals surface area contributed by atoms with Crippen molar-refractivity contribution in [2.75, 3.05) is 12.4 Å². The lowest BCUT2D eigenvalue weighted by atomic mass is 10.3. The van der Waals surface area contributed by atoms with E-state index in [1.807, 2.05) is 0 Å². The van der Waals surface area contributed by atoms with Crippen LogP contribution in [0.4, 0.5) is 0 Å². The zero-order chi connectivity index (χ0) is 11.1. The second-order valence-electron chi connectivity index (χ2n) is 3.21. The van der Waals surface area contributed by atoms with Crippen LogP contribution in [0.25, 0.3) is 0 Å². The Morgan fingerprint density at radius 3 is 3.00 bits per heavy atom. The Morgan fingerprint density at radius 2 is 2.33 bits per heavy atom. The molecule has 1 atom stereocenters. The van der Waals surface area contributed by atoms with Crippen LogP contribution >= 0.6 is 11.8 Å². The number of rotatable bonds is 7. The van der Waals surface area contributed by atoms with Crippen molar-refractivity contribution in [2.24, 2.45) is 0 Å². The summed E-state index contributed by atoms with van der Waals surface area (Å²) in [6.07, 6.45) is 1.12. The molecule has 1 rings (SSSR count).